The molecule has 2 N–H and O–H groups in total. The van der Waals surface area contributed by atoms with E-state index in [4.69, 9.17) is 0 Å². The maximum atomic E-state index is 11.5. The van der Waals surface area contributed by atoms with E-state index in [1.54, 1.807) is 11.8 Å². The van der Waals surface area contributed by atoms with Gasteiger partial charge in [-0.05, 0) is 25.6 Å². The number of aryl methyl sites for hydroxylation is 1. The Morgan fingerprint density at radius 2 is 2.20 bits per heavy atom. The second kappa shape index (κ2) is 7.31. The number of pyridine rings is 1. The zero-order valence-corrected chi connectivity index (χ0v) is 12.7. The van der Waals surface area contributed by atoms with Gasteiger partial charge in [-0.3, -0.25) is 4.79 Å². The van der Waals surface area contributed by atoms with Crippen LogP contribution in [0.1, 0.15) is 11.3 Å². The lowest BCUT2D eigenvalue weighted by molar-refractivity contribution is -0.118. The molecule has 2 aromatic heterocycles. The van der Waals surface area contributed by atoms with Crippen LogP contribution < -0.4 is 10.6 Å². The molecular formula is C14H20N4OS. The number of carbonyl (C=O) groups is 1. The highest BCUT2D eigenvalue weighted by atomic mass is 32.2. The van der Waals surface area contributed by atoms with Gasteiger partial charge in [-0.2, -0.15) is 0 Å². The van der Waals surface area contributed by atoms with Gasteiger partial charge in [-0.1, -0.05) is 6.07 Å². The largest absolute Gasteiger partial charge is 0.354 e. The van der Waals surface area contributed by atoms with Gasteiger partial charge in [0, 0.05) is 31.2 Å². The van der Waals surface area contributed by atoms with E-state index >= 15 is 0 Å². The van der Waals surface area contributed by atoms with Crippen LogP contribution in [0.3, 0.4) is 0 Å². The van der Waals surface area contributed by atoms with Crippen LogP contribution in [-0.2, 0) is 10.5 Å². The first-order valence-corrected chi connectivity index (χ1v) is 7.78. The lowest BCUT2D eigenvalue weighted by atomic mass is 10.3. The van der Waals surface area contributed by atoms with Crippen molar-refractivity contribution in [3.8, 4) is 0 Å². The molecule has 0 unspecified atom stereocenters. The third-order valence-corrected chi connectivity index (χ3v) is 3.80. The van der Waals surface area contributed by atoms with Crippen molar-refractivity contribution >= 4 is 23.3 Å². The lowest BCUT2D eigenvalue weighted by Gasteiger charge is -2.03. The summed E-state index contributed by atoms with van der Waals surface area (Å²) in [5.41, 5.74) is 3.16. The monoisotopic (exact) mass is 292 g/mol. The number of aromatic nitrogens is 2. The standard InChI is InChI=1S/C14H20N4OS/c1-11-3-4-13-17-12(8-18(13)7-11)9-20-10-14(19)16-6-5-15-2/h3-4,7-8,15H,5-6,9-10H2,1-2H3,(H,16,19). The normalized spacial score (nSPS) is 10.9. The molecule has 5 nitrogen and oxygen atoms in total. The summed E-state index contributed by atoms with van der Waals surface area (Å²) in [6.07, 6.45) is 4.08. The van der Waals surface area contributed by atoms with E-state index in [1.165, 1.54) is 5.56 Å². The molecule has 0 atom stereocenters. The van der Waals surface area contributed by atoms with Crippen molar-refractivity contribution < 1.29 is 4.79 Å². The van der Waals surface area contributed by atoms with Gasteiger partial charge >= 0.3 is 0 Å². The molecule has 0 radical (unpaired) electrons. The van der Waals surface area contributed by atoms with Gasteiger partial charge in [0.25, 0.3) is 0 Å². The number of hydrogen-bond acceptors (Lipinski definition) is 4. The van der Waals surface area contributed by atoms with E-state index in [9.17, 15) is 4.79 Å². The first-order valence-electron chi connectivity index (χ1n) is 6.62. The maximum Gasteiger partial charge on any atom is 0.230 e. The number of nitrogens with one attached hydrogen (secondary N) is 2. The first kappa shape index (κ1) is 14.9. The summed E-state index contributed by atoms with van der Waals surface area (Å²) in [4.78, 5) is 16.1. The van der Waals surface area contributed by atoms with Gasteiger partial charge in [0.15, 0.2) is 0 Å². The first-order chi connectivity index (χ1) is 9.69. The number of carbonyl (C=O) groups excluding carboxylic acids is 1. The molecule has 1 amide bonds. The van der Waals surface area contributed by atoms with Crippen LogP contribution in [0.5, 0.6) is 0 Å². The van der Waals surface area contributed by atoms with Crippen LogP contribution >= 0.6 is 11.8 Å². The molecule has 0 spiro atoms. The fraction of sp³-hybridized carbons (Fsp3) is 0.429. The molecule has 108 valence electrons. The molecule has 0 saturated carbocycles. The molecule has 20 heavy (non-hydrogen) atoms. The molecule has 2 rings (SSSR count). The highest BCUT2D eigenvalue weighted by Gasteiger charge is 2.04. The minimum atomic E-state index is 0.0739. The van der Waals surface area contributed by atoms with Crippen LogP contribution in [0, 0.1) is 6.92 Å². The summed E-state index contributed by atoms with van der Waals surface area (Å²) in [6.45, 7) is 3.52. The smallest absolute Gasteiger partial charge is 0.230 e. The number of amides is 1. The molecule has 2 heterocycles. The molecule has 0 aliphatic carbocycles. The number of rotatable bonds is 7. The van der Waals surface area contributed by atoms with Gasteiger partial charge in [-0.25, -0.2) is 4.98 Å². The molecule has 0 saturated heterocycles. The van der Waals surface area contributed by atoms with Crippen molar-refractivity contribution in [2.75, 3.05) is 25.9 Å². The Bertz CT molecular complexity index is 582. The third kappa shape index (κ3) is 4.25. The van der Waals surface area contributed by atoms with Gasteiger partial charge in [0.05, 0.1) is 11.4 Å². The van der Waals surface area contributed by atoms with Crippen LogP contribution in [-0.4, -0.2) is 41.2 Å². The van der Waals surface area contributed by atoms with Crippen molar-refractivity contribution in [2.45, 2.75) is 12.7 Å². The number of hydrogen-bond donors (Lipinski definition) is 2. The second-order valence-corrected chi connectivity index (χ2v) is 5.64. The van der Waals surface area contributed by atoms with Gasteiger partial charge < -0.3 is 15.0 Å². The number of likely N-dealkylation sites (N-methyl/N-ethyl adjacent to an activating group) is 1. The summed E-state index contributed by atoms with van der Waals surface area (Å²) in [5, 5.41) is 5.85. The Morgan fingerprint density at radius 1 is 1.35 bits per heavy atom. The molecular weight excluding hydrogens is 272 g/mol. The Labute approximate surface area is 123 Å². The molecule has 0 aliphatic heterocycles. The van der Waals surface area contributed by atoms with Crippen LogP contribution in [0.2, 0.25) is 0 Å². The van der Waals surface area contributed by atoms with E-state index in [0.717, 1.165) is 23.6 Å². The Kier molecular flexibility index (Phi) is 5.43. The Balaban J connectivity index is 1.79. The van der Waals surface area contributed by atoms with Gasteiger partial charge in [0.2, 0.25) is 5.91 Å². The van der Waals surface area contributed by atoms with E-state index in [-0.39, 0.29) is 5.91 Å². The number of fused-ring (bicyclic) bond motifs is 1. The fourth-order valence-electron chi connectivity index (χ4n) is 1.85. The van der Waals surface area contributed by atoms with Crippen LogP contribution in [0.15, 0.2) is 24.5 Å². The molecule has 6 heteroatoms. The molecule has 0 fully saturated rings. The van der Waals surface area contributed by atoms with E-state index < -0.39 is 0 Å². The van der Waals surface area contributed by atoms with E-state index in [2.05, 4.69) is 34.8 Å². The minimum absolute atomic E-state index is 0.0739. The Morgan fingerprint density at radius 3 is 3.00 bits per heavy atom. The van der Waals surface area contributed by atoms with Crippen molar-refractivity contribution in [3.63, 3.8) is 0 Å². The average molecular weight is 292 g/mol. The lowest BCUT2D eigenvalue weighted by Crippen LogP contribution is -2.31. The molecule has 0 bridgehead atoms. The quantitative estimate of drug-likeness (QED) is 0.753. The second-order valence-electron chi connectivity index (χ2n) is 4.65. The van der Waals surface area contributed by atoms with Crippen LogP contribution in [0.4, 0.5) is 0 Å². The molecule has 2 aromatic rings. The average Bonchev–Trinajstić information content (AvgIpc) is 2.81. The number of imidazole rings is 1. The van der Waals surface area contributed by atoms with Crippen molar-refractivity contribution in [3.05, 3.63) is 35.8 Å². The van der Waals surface area contributed by atoms with E-state index in [1.807, 2.05) is 23.7 Å². The zero-order chi connectivity index (χ0) is 14.4. The summed E-state index contributed by atoms with van der Waals surface area (Å²) in [5.74, 6) is 1.29. The van der Waals surface area contributed by atoms with Gasteiger partial charge in [-0.15, -0.1) is 11.8 Å². The maximum absolute atomic E-state index is 11.5. The van der Waals surface area contributed by atoms with Crippen molar-refractivity contribution in [2.24, 2.45) is 0 Å². The fourth-order valence-corrected chi connectivity index (χ4v) is 2.59. The predicted molar refractivity (Wildman–Crippen MR) is 83.0 cm³/mol. The summed E-state index contributed by atoms with van der Waals surface area (Å²) in [7, 11) is 1.87. The SMILES string of the molecule is CNCCNC(=O)CSCc1cn2cc(C)ccc2n1. The summed E-state index contributed by atoms with van der Waals surface area (Å²) >= 11 is 1.58. The predicted octanol–water partition coefficient (Wildman–Crippen LogP) is 1.21. The van der Waals surface area contributed by atoms with Crippen LogP contribution in [0.25, 0.3) is 5.65 Å². The summed E-state index contributed by atoms with van der Waals surface area (Å²) < 4.78 is 2.03. The Hall–Kier alpha value is -1.53. The van der Waals surface area contributed by atoms with Crippen molar-refractivity contribution in [1.82, 2.24) is 20.0 Å². The van der Waals surface area contributed by atoms with Gasteiger partial charge in [0.1, 0.15) is 5.65 Å². The molecule has 0 aromatic carbocycles. The molecule has 0 aliphatic rings. The highest BCUT2D eigenvalue weighted by Crippen LogP contribution is 2.13. The van der Waals surface area contributed by atoms with E-state index in [0.29, 0.717) is 12.3 Å². The highest BCUT2D eigenvalue weighted by molar-refractivity contribution is 7.99. The van der Waals surface area contributed by atoms with Crippen molar-refractivity contribution in [1.29, 1.82) is 0 Å². The zero-order valence-electron chi connectivity index (χ0n) is 11.8. The topological polar surface area (TPSA) is 58.4 Å². The summed E-state index contributed by atoms with van der Waals surface area (Å²) in [6, 6.07) is 4.06. The number of nitrogens with zero attached hydrogens (tertiary/aromatic N) is 2. The third-order valence-electron chi connectivity index (χ3n) is 2.83. The minimum Gasteiger partial charge on any atom is -0.354 e. The number of thioether (sulfide) groups is 1.